The summed E-state index contributed by atoms with van der Waals surface area (Å²) in [4.78, 5) is 0. The van der Waals surface area contributed by atoms with E-state index in [4.69, 9.17) is 0 Å². The Morgan fingerprint density at radius 3 is 0.833 bits per heavy atom. The second-order valence-electron chi connectivity index (χ2n) is 0. The average Bonchev–Trinajstić information content (AvgIpc) is 0. The predicted molar refractivity (Wildman–Crippen MR) is 5.75 cm³/mol. The quantitative estimate of drug-likeness (QED) is 0.294. The van der Waals surface area contributed by atoms with Crippen molar-refractivity contribution in [2.75, 3.05) is 0 Å². The Kier molecular flexibility index (Phi) is 233. The van der Waals surface area contributed by atoms with Crippen molar-refractivity contribution in [2.24, 2.45) is 0 Å². The Morgan fingerprint density at radius 2 is 0.833 bits per heavy atom. The molecule has 0 unspecified atom stereocenters. The van der Waals surface area contributed by atoms with Crippen molar-refractivity contribution in [3.63, 3.8) is 0 Å². The number of hydrogen-bond acceptors (Lipinski definition) is 0. The largest absolute Gasteiger partial charge is 0 e. The summed E-state index contributed by atoms with van der Waals surface area (Å²) in [6.07, 6.45) is 0. The fourth-order valence-corrected chi connectivity index (χ4v) is 0. The molecular formula is Au2CeCoGeLa. The smallest absolute Gasteiger partial charge is 0 e. The van der Waals surface area contributed by atoms with Crippen LogP contribution >= 0.6 is 0 Å². The van der Waals surface area contributed by atoms with Crippen LogP contribution in [0.15, 0.2) is 0 Å². The molecule has 8 radical (unpaired) electrons. The molecule has 0 aliphatic rings. The van der Waals surface area contributed by atoms with Gasteiger partial charge in [-0.1, -0.05) is 0 Å². The van der Waals surface area contributed by atoms with E-state index >= 15 is 0 Å². The number of rotatable bonds is 0. The zero-order chi connectivity index (χ0) is 0. The fraction of sp³-hybridized carbons (Fsp3) is 0. The number of hydrogen-bond donors (Lipinski definition) is 0. The maximum atomic E-state index is 0. The van der Waals surface area contributed by atoms with Gasteiger partial charge < -0.3 is 0 Å². The van der Waals surface area contributed by atoms with E-state index in [9.17, 15) is 0 Å². The van der Waals surface area contributed by atoms with Gasteiger partial charge in [0.15, 0.2) is 0 Å². The van der Waals surface area contributed by atoms with Crippen LogP contribution in [0.2, 0.25) is 0 Å². The standard InChI is InChI=1S/2Au.Ce.Co.Ge.La. The van der Waals surface area contributed by atoms with Gasteiger partial charge in [-0.15, -0.1) is 0 Å². The molecule has 0 aromatic heterocycles. The first-order valence-corrected chi connectivity index (χ1v) is 0. The predicted octanol–water partition coefficient (Wildman–Crippen LogP) is -0.388. The van der Waals surface area contributed by atoms with Crippen LogP contribution in [-0.2, 0) is 61.5 Å². The first-order valence-electron chi connectivity index (χ1n) is 0. The van der Waals surface area contributed by atoms with Crippen LogP contribution in [-0.4, -0.2) is 17.6 Å². The molecule has 0 spiro atoms. The molecule has 0 amide bonds. The summed E-state index contributed by atoms with van der Waals surface area (Å²) >= 11 is 0. The Morgan fingerprint density at radius 1 is 0.833 bits per heavy atom. The summed E-state index contributed by atoms with van der Waals surface area (Å²) in [5.41, 5.74) is 0. The van der Waals surface area contributed by atoms with E-state index in [0.717, 1.165) is 0 Å². The second kappa shape index (κ2) is 32.2. The Labute approximate surface area is 152 Å². The first kappa shape index (κ1) is 43.5. The monoisotopic (exact) mass is 806 g/mol. The van der Waals surface area contributed by atoms with Crippen molar-refractivity contribution < 1.29 is 139 Å². The van der Waals surface area contributed by atoms with Gasteiger partial charge in [-0.2, -0.15) is 0 Å². The van der Waals surface area contributed by atoms with E-state index in [2.05, 4.69) is 0 Å². The topological polar surface area (TPSA) is 0 Å². The molecule has 0 aromatic rings. The van der Waals surface area contributed by atoms with Crippen molar-refractivity contribution in [2.45, 2.75) is 0 Å². The Bertz CT molecular complexity index is 13.5. The summed E-state index contributed by atoms with van der Waals surface area (Å²) in [5, 5.41) is 0. The molecule has 0 aromatic carbocycles. The van der Waals surface area contributed by atoms with Gasteiger partial charge in [-0.25, -0.2) is 0 Å². The molecule has 0 aliphatic carbocycles. The van der Waals surface area contributed by atoms with E-state index in [1.165, 1.54) is 0 Å². The van der Waals surface area contributed by atoms with Gasteiger partial charge in [0.2, 0.25) is 0 Å². The molecule has 0 N–H and O–H groups in total. The minimum Gasteiger partial charge on any atom is 0 e. The molecule has 0 bridgehead atoms. The summed E-state index contributed by atoms with van der Waals surface area (Å²) in [6, 6.07) is 0. The van der Waals surface area contributed by atoms with E-state index in [1.54, 1.807) is 0 Å². The van der Waals surface area contributed by atoms with E-state index in [1.807, 2.05) is 0 Å². The summed E-state index contributed by atoms with van der Waals surface area (Å²) < 4.78 is 0. The van der Waals surface area contributed by atoms with E-state index in [-0.39, 0.29) is 156 Å². The second-order valence-corrected chi connectivity index (χ2v) is 0. The van der Waals surface area contributed by atoms with Gasteiger partial charge in [0.25, 0.3) is 0 Å². The van der Waals surface area contributed by atoms with Crippen molar-refractivity contribution >= 4 is 17.6 Å². The molecule has 6 heteroatoms. The van der Waals surface area contributed by atoms with Crippen LogP contribution in [0.1, 0.15) is 0 Å². The van der Waals surface area contributed by atoms with Gasteiger partial charge >= 0.3 is 0 Å². The molecule has 0 saturated heterocycles. The average molecular weight is 804 g/mol. The molecule has 0 aliphatic heterocycles. The van der Waals surface area contributed by atoms with Crippen LogP contribution in [0.5, 0.6) is 0 Å². The maximum Gasteiger partial charge on any atom is 0 e. The van der Waals surface area contributed by atoms with Crippen LogP contribution in [0.25, 0.3) is 0 Å². The van der Waals surface area contributed by atoms with Gasteiger partial charge in [-0.05, 0) is 0 Å². The van der Waals surface area contributed by atoms with Gasteiger partial charge in [-0.3, -0.25) is 0 Å². The molecule has 0 saturated carbocycles. The van der Waals surface area contributed by atoms with Crippen molar-refractivity contribution in [1.82, 2.24) is 0 Å². The third-order valence-electron chi connectivity index (χ3n) is 0. The molecule has 0 atom stereocenters. The van der Waals surface area contributed by atoms with Gasteiger partial charge in [0.05, 0.1) is 0 Å². The molecular weight excluding hydrogens is 804 g/mol. The fourth-order valence-electron chi connectivity index (χ4n) is 0. The molecule has 6 heavy (non-hydrogen) atoms. The zero-order valence-corrected chi connectivity index (χ0v) is 16.8. The maximum absolute atomic E-state index is 0. The van der Waals surface area contributed by atoms with Crippen LogP contribution in [0.3, 0.4) is 0 Å². The first-order chi connectivity index (χ1) is 0. The van der Waals surface area contributed by atoms with Crippen LogP contribution in [0, 0.1) is 77.3 Å². The summed E-state index contributed by atoms with van der Waals surface area (Å²) in [7, 11) is 0. The van der Waals surface area contributed by atoms with Gasteiger partial charge in [0, 0.05) is 156 Å². The van der Waals surface area contributed by atoms with Gasteiger partial charge in [0.1, 0.15) is 0 Å². The Balaban J connectivity index is 0. The molecule has 42 valence electrons. The van der Waals surface area contributed by atoms with E-state index in [0.29, 0.717) is 0 Å². The van der Waals surface area contributed by atoms with E-state index < -0.39 is 0 Å². The van der Waals surface area contributed by atoms with Crippen molar-refractivity contribution in [3.05, 3.63) is 0 Å². The molecule has 0 heterocycles. The van der Waals surface area contributed by atoms with Crippen molar-refractivity contribution in [3.8, 4) is 0 Å². The summed E-state index contributed by atoms with van der Waals surface area (Å²) in [6.45, 7) is 0. The minimum atomic E-state index is 0. The van der Waals surface area contributed by atoms with Crippen molar-refractivity contribution in [1.29, 1.82) is 0 Å². The third-order valence-corrected chi connectivity index (χ3v) is 0. The molecule has 0 rings (SSSR count). The molecule has 0 fully saturated rings. The Hall–Kier alpha value is 5.10. The SMILES string of the molecule is [Au].[Au].[Ce].[Co].[Ge].[La]. The minimum absolute atomic E-state index is 0. The molecule has 0 nitrogen and oxygen atoms in total. The van der Waals surface area contributed by atoms with Crippen LogP contribution < -0.4 is 0 Å². The third kappa shape index (κ3) is 23.0. The van der Waals surface area contributed by atoms with Crippen LogP contribution in [0.4, 0.5) is 0 Å². The zero-order valence-electron chi connectivity index (χ0n) is 2.51. The normalized spacial score (nSPS) is 0. The summed E-state index contributed by atoms with van der Waals surface area (Å²) in [5.74, 6) is 0.